The fraction of sp³-hybridized carbons (Fsp3) is 1.00. The lowest BCUT2D eigenvalue weighted by atomic mass is 9.85. The fourth-order valence-corrected chi connectivity index (χ4v) is 1.98. The summed E-state index contributed by atoms with van der Waals surface area (Å²) < 4.78 is 0. The van der Waals surface area contributed by atoms with Crippen molar-refractivity contribution in [3.63, 3.8) is 0 Å². The highest BCUT2D eigenvalue weighted by Gasteiger charge is 2.25. The minimum absolute atomic E-state index is 0.00174. The number of hydrogen-bond donors (Lipinski definition) is 2. The van der Waals surface area contributed by atoms with Crippen LogP contribution in [0.5, 0.6) is 0 Å². The first-order chi connectivity index (χ1) is 5.74. The second kappa shape index (κ2) is 6.44. The van der Waals surface area contributed by atoms with Crippen molar-refractivity contribution in [3.8, 4) is 0 Å². The van der Waals surface area contributed by atoms with Gasteiger partial charge in [-0.2, -0.15) is 5.48 Å². The zero-order valence-electron chi connectivity index (χ0n) is 8.69. The maximum absolute atomic E-state index is 9.12. The smallest absolute Gasteiger partial charge is 0.0429 e. The zero-order chi connectivity index (χ0) is 9.45. The lowest BCUT2D eigenvalue weighted by Crippen LogP contribution is -2.43. The third-order valence-corrected chi connectivity index (χ3v) is 2.42. The summed E-state index contributed by atoms with van der Waals surface area (Å²) in [5, 5.41) is 9.12. The molecule has 0 bridgehead atoms. The summed E-state index contributed by atoms with van der Waals surface area (Å²) in [6.07, 6.45) is 6.62. The largest absolute Gasteiger partial charge is 0.316 e. The summed E-state index contributed by atoms with van der Waals surface area (Å²) in [7, 11) is 0. The van der Waals surface area contributed by atoms with Gasteiger partial charge in [-0.05, 0) is 19.3 Å². The second-order valence-electron chi connectivity index (χ2n) is 3.64. The maximum Gasteiger partial charge on any atom is 0.0429 e. The van der Waals surface area contributed by atoms with Gasteiger partial charge in [-0.1, -0.05) is 40.0 Å². The van der Waals surface area contributed by atoms with Crippen molar-refractivity contribution in [3.05, 3.63) is 0 Å². The van der Waals surface area contributed by atoms with Gasteiger partial charge in [0.1, 0.15) is 0 Å². The van der Waals surface area contributed by atoms with E-state index in [1.165, 1.54) is 0 Å². The molecule has 0 spiro atoms. The van der Waals surface area contributed by atoms with E-state index in [-0.39, 0.29) is 5.54 Å². The van der Waals surface area contributed by atoms with E-state index in [0.717, 1.165) is 38.5 Å². The fourth-order valence-electron chi connectivity index (χ4n) is 1.98. The van der Waals surface area contributed by atoms with Gasteiger partial charge in [0, 0.05) is 5.54 Å². The first-order valence-corrected chi connectivity index (χ1v) is 5.16. The Morgan fingerprint density at radius 3 is 1.42 bits per heavy atom. The predicted octanol–water partition coefficient (Wildman–Crippen LogP) is 3.10. The van der Waals surface area contributed by atoms with Crippen LogP contribution in [-0.4, -0.2) is 10.7 Å². The minimum atomic E-state index is -0.00174. The van der Waals surface area contributed by atoms with Gasteiger partial charge < -0.3 is 5.21 Å². The van der Waals surface area contributed by atoms with Gasteiger partial charge >= 0.3 is 0 Å². The van der Waals surface area contributed by atoms with E-state index < -0.39 is 0 Å². The summed E-state index contributed by atoms with van der Waals surface area (Å²) in [6.45, 7) is 6.49. The van der Waals surface area contributed by atoms with Crippen molar-refractivity contribution in [1.82, 2.24) is 5.48 Å². The number of hydroxylamine groups is 1. The van der Waals surface area contributed by atoms with Crippen molar-refractivity contribution in [2.45, 2.75) is 64.8 Å². The molecule has 0 aromatic rings. The lowest BCUT2D eigenvalue weighted by Gasteiger charge is -2.31. The van der Waals surface area contributed by atoms with Gasteiger partial charge in [-0.15, -0.1) is 0 Å². The van der Waals surface area contributed by atoms with Crippen LogP contribution in [0.4, 0.5) is 0 Å². The Labute approximate surface area is 76.3 Å². The average molecular weight is 173 g/mol. The molecule has 2 N–H and O–H groups in total. The number of hydrogen-bond acceptors (Lipinski definition) is 2. The van der Waals surface area contributed by atoms with Crippen LogP contribution >= 0.6 is 0 Å². The van der Waals surface area contributed by atoms with Gasteiger partial charge in [-0.25, -0.2) is 0 Å². The van der Waals surface area contributed by atoms with Crippen LogP contribution < -0.4 is 5.48 Å². The minimum Gasteiger partial charge on any atom is -0.316 e. The highest BCUT2D eigenvalue weighted by Crippen LogP contribution is 2.24. The van der Waals surface area contributed by atoms with E-state index in [4.69, 9.17) is 5.21 Å². The standard InChI is InChI=1S/C10H23NO/c1-4-7-10(11-12,8-5-2)9-6-3/h11-12H,4-9H2,1-3H3. The van der Waals surface area contributed by atoms with Gasteiger partial charge in [0.25, 0.3) is 0 Å². The molecule has 0 saturated heterocycles. The van der Waals surface area contributed by atoms with E-state index in [2.05, 4.69) is 26.3 Å². The van der Waals surface area contributed by atoms with E-state index in [9.17, 15) is 0 Å². The molecule has 2 nitrogen and oxygen atoms in total. The molecule has 0 aliphatic carbocycles. The van der Waals surface area contributed by atoms with Crippen molar-refractivity contribution < 1.29 is 5.21 Å². The molecule has 0 fully saturated rings. The Bertz CT molecular complexity index is 87.0. The third kappa shape index (κ3) is 3.55. The SMILES string of the molecule is CCCC(CCC)(CCC)NO. The molecule has 0 heterocycles. The van der Waals surface area contributed by atoms with Gasteiger partial charge in [-0.3, -0.25) is 0 Å². The van der Waals surface area contributed by atoms with Gasteiger partial charge in [0.2, 0.25) is 0 Å². The molecule has 74 valence electrons. The Kier molecular flexibility index (Phi) is 6.39. The van der Waals surface area contributed by atoms with Crippen LogP contribution in [0.25, 0.3) is 0 Å². The van der Waals surface area contributed by atoms with Crippen molar-refractivity contribution in [2.24, 2.45) is 0 Å². The predicted molar refractivity (Wildman–Crippen MR) is 52.4 cm³/mol. The first-order valence-electron chi connectivity index (χ1n) is 5.16. The first kappa shape index (κ1) is 11.9. The Hall–Kier alpha value is -0.0800. The molecule has 0 rings (SSSR count). The van der Waals surface area contributed by atoms with Crippen LogP contribution in [0.1, 0.15) is 59.3 Å². The molecule has 0 unspecified atom stereocenters. The zero-order valence-corrected chi connectivity index (χ0v) is 8.69. The number of nitrogens with one attached hydrogen (secondary N) is 1. The molecule has 0 aliphatic rings. The summed E-state index contributed by atoms with van der Waals surface area (Å²) in [4.78, 5) is 0. The normalized spacial score (nSPS) is 12.0. The van der Waals surface area contributed by atoms with Crippen LogP contribution in [0.15, 0.2) is 0 Å². The molecule has 0 atom stereocenters. The van der Waals surface area contributed by atoms with E-state index in [1.54, 1.807) is 0 Å². The Morgan fingerprint density at radius 2 is 1.25 bits per heavy atom. The van der Waals surface area contributed by atoms with Crippen molar-refractivity contribution >= 4 is 0 Å². The molecular weight excluding hydrogens is 150 g/mol. The van der Waals surface area contributed by atoms with Gasteiger partial charge in [0.05, 0.1) is 0 Å². The maximum atomic E-state index is 9.12. The lowest BCUT2D eigenvalue weighted by molar-refractivity contribution is 0.0420. The number of rotatable bonds is 7. The Balaban J connectivity index is 4.06. The molecule has 0 aromatic carbocycles. The second-order valence-corrected chi connectivity index (χ2v) is 3.64. The highest BCUT2D eigenvalue weighted by atomic mass is 16.5. The molecule has 12 heavy (non-hydrogen) atoms. The summed E-state index contributed by atoms with van der Waals surface area (Å²) in [5.74, 6) is 0. The summed E-state index contributed by atoms with van der Waals surface area (Å²) in [6, 6.07) is 0. The van der Waals surface area contributed by atoms with Gasteiger partial charge in [0.15, 0.2) is 0 Å². The average Bonchev–Trinajstić information content (AvgIpc) is 2.06. The molecule has 2 heteroatoms. The Morgan fingerprint density at radius 1 is 0.917 bits per heavy atom. The van der Waals surface area contributed by atoms with E-state index >= 15 is 0 Å². The van der Waals surface area contributed by atoms with Crippen molar-refractivity contribution in [1.29, 1.82) is 0 Å². The highest BCUT2D eigenvalue weighted by molar-refractivity contribution is 4.83. The molecule has 0 aromatic heterocycles. The van der Waals surface area contributed by atoms with E-state index in [0.29, 0.717) is 0 Å². The molecule has 0 amide bonds. The topological polar surface area (TPSA) is 32.3 Å². The molecule has 0 aliphatic heterocycles. The quantitative estimate of drug-likeness (QED) is 0.580. The van der Waals surface area contributed by atoms with Crippen molar-refractivity contribution in [2.75, 3.05) is 0 Å². The summed E-state index contributed by atoms with van der Waals surface area (Å²) in [5.41, 5.74) is 2.52. The monoisotopic (exact) mass is 173 g/mol. The van der Waals surface area contributed by atoms with E-state index in [1.807, 2.05) is 0 Å². The van der Waals surface area contributed by atoms with Crippen LogP contribution in [0.2, 0.25) is 0 Å². The molecular formula is C10H23NO. The molecule has 0 radical (unpaired) electrons. The molecule has 0 saturated carbocycles. The summed E-state index contributed by atoms with van der Waals surface area (Å²) >= 11 is 0. The van der Waals surface area contributed by atoms with Crippen LogP contribution in [0, 0.1) is 0 Å². The van der Waals surface area contributed by atoms with Crippen LogP contribution in [-0.2, 0) is 0 Å². The van der Waals surface area contributed by atoms with Crippen LogP contribution in [0.3, 0.4) is 0 Å². The third-order valence-electron chi connectivity index (χ3n) is 2.42.